The van der Waals surface area contributed by atoms with Gasteiger partial charge in [0, 0.05) is 64.8 Å². The van der Waals surface area contributed by atoms with Crippen LogP contribution in [0.3, 0.4) is 0 Å². The number of hydrogen-bond acceptors (Lipinski definition) is 7. The van der Waals surface area contributed by atoms with Crippen LogP contribution < -0.4 is 0 Å². The highest BCUT2D eigenvalue weighted by Crippen LogP contribution is 2.45. The normalized spacial score (nSPS) is 20.4. The summed E-state index contributed by atoms with van der Waals surface area (Å²) >= 11 is 0. The minimum atomic E-state index is -0.366. The maximum Gasteiger partial charge on any atom is 0.305 e. The molecule has 10 nitrogen and oxygen atoms in total. The molecular formula is C42H53N5O5. The van der Waals surface area contributed by atoms with Gasteiger partial charge in [-0.1, -0.05) is 53.9 Å². The van der Waals surface area contributed by atoms with Crippen molar-refractivity contribution in [3.8, 4) is 0 Å². The predicted molar refractivity (Wildman–Crippen MR) is 203 cm³/mol. The molecule has 6 rings (SSSR count). The minimum absolute atomic E-state index is 0.0613. The summed E-state index contributed by atoms with van der Waals surface area (Å²) in [6, 6.07) is 5.99. The number of allylic oxidation sites excluding steroid dienone is 2. The number of nitrogens with one attached hydrogen (secondary N) is 2. The quantitative estimate of drug-likeness (QED) is 0.128. The van der Waals surface area contributed by atoms with E-state index in [-0.39, 0.29) is 53.7 Å². The number of aryl methyl sites for hydroxylation is 1. The van der Waals surface area contributed by atoms with E-state index >= 15 is 0 Å². The molecule has 8 bridgehead atoms. The van der Waals surface area contributed by atoms with Gasteiger partial charge in [0.1, 0.15) is 0 Å². The molecule has 10 heteroatoms. The summed E-state index contributed by atoms with van der Waals surface area (Å²) in [5.74, 6) is -1.22. The molecule has 276 valence electrons. The van der Waals surface area contributed by atoms with Crippen LogP contribution in [0.15, 0.2) is 18.2 Å². The van der Waals surface area contributed by atoms with Crippen LogP contribution >= 0.6 is 0 Å². The van der Waals surface area contributed by atoms with Gasteiger partial charge >= 0.3 is 5.97 Å². The topological polar surface area (TPSA) is 138 Å². The van der Waals surface area contributed by atoms with E-state index in [1.165, 1.54) is 4.90 Å². The number of aromatic nitrogens is 4. The molecule has 4 aliphatic heterocycles. The lowest BCUT2D eigenvalue weighted by molar-refractivity contribution is -0.143. The number of carbonyl (C=O) groups is 4. The standard InChI is InChI=1S/C42H53N5O5/c1-9-12-13-14-17-47-41(50)37-25(7)32-20-33-27(11-3)22(4)29(43-33)21-34-36(26(8)48)24(6)31(44-34)19-30-23(5)28(15-16-35(49)52-18-10-2)39(45-30)38(42(47)51)40(37)46-32/h19-23,27-28,43,46H,9-18H2,1-8H3/t22-,23+,27?,28?/m1/s1. The Hall–Kier alpha value is -4.60. The van der Waals surface area contributed by atoms with Crippen LogP contribution in [0, 0.1) is 6.92 Å². The maximum atomic E-state index is 14.7. The summed E-state index contributed by atoms with van der Waals surface area (Å²) in [5, 5.41) is 0. The van der Waals surface area contributed by atoms with Crippen molar-refractivity contribution in [3.63, 3.8) is 0 Å². The Morgan fingerprint density at radius 2 is 1.60 bits per heavy atom. The van der Waals surface area contributed by atoms with Gasteiger partial charge in [-0.15, -0.1) is 0 Å². The molecule has 2 unspecified atom stereocenters. The molecule has 2 aromatic heterocycles. The van der Waals surface area contributed by atoms with Gasteiger partial charge in [0.15, 0.2) is 5.78 Å². The second kappa shape index (κ2) is 15.2. The van der Waals surface area contributed by atoms with Crippen molar-refractivity contribution in [3.05, 3.63) is 69.1 Å². The van der Waals surface area contributed by atoms with Crippen molar-refractivity contribution < 1.29 is 23.9 Å². The maximum absolute atomic E-state index is 14.7. The second-order valence-electron chi connectivity index (χ2n) is 14.9. The number of Topliss-reactive ketones (excluding diaryl/α,β-unsaturated/α-hetero) is 1. The zero-order valence-electron chi connectivity index (χ0n) is 32.0. The summed E-state index contributed by atoms with van der Waals surface area (Å²) in [7, 11) is 0. The molecule has 2 aromatic rings. The second-order valence-corrected chi connectivity index (χ2v) is 14.9. The van der Waals surface area contributed by atoms with E-state index in [0.29, 0.717) is 71.0 Å². The molecule has 0 fully saturated rings. The van der Waals surface area contributed by atoms with Gasteiger partial charge in [0.2, 0.25) is 0 Å². The minimum Gasteiger partial charge on any atom is -0.466 e. The van der Waals surface area contributed by atoms with Crippen LogP contribution in [0.25, 0.3) is 22.2 Å². The average molecular weight is 708 g/mol. The number of hydrogen-bond donors (Lipinski definition) is 2. The number of aromatic amines is 2. The summed E-state index contributed by atoms with van der Waals surface area (Å²) in [5.41, 5.74) is 8.76. The predicted octanol–water partition coefficient (Wildman–Crippen LogP) is 8.96. The number of esters is 1. The summed E-state index contributed by atoms with van der Waals surface area (Å²) < 4.78 is 5.44. The molecular weight excluding hydrogens is 654 g/mol. The van der Waals surface area contributed by atoms with Gasteiger partial charge in [0.25, 0.3) is 11.8 Å². The number of rotatable bonds is 12. The first-order valence-corrected chi connectivity index (χ1v) is 19.2. The van der Waals surface area contributed by atoms with Crippen LogP contribution in [-0.4, -0.2) is 61.6 Å². The summed E-state index contributed by atoms with van der Waals surface area (Å²) in [4.78, 5) is 73.7. The van der Waals surface area contributed by atoms with Crippen molar-refractivity contribution in [2.24, 2.45) is 0 Å². The molecule has 4 aliphatic rings. The average Bonchev–Trinajstić information content (AvgIpc) is 3.79. The molecule has 0 aromatic carbocycles. The fourth-order valence-electron chi connectivity index (χ4n) is 8.40. The highest BCUT2D eigenvalue weighted by Gasteiger charge is 2.41. The first-order chi connectivity index (χ1) is 24.9. The number of nitrogens with zero attached hydrogens (tertiary/aromatic N) is 3. The Morgan fingerprint density at radius 3 is 2.29 bits per heavy atom. The Balaban J connectivity index is 1.69. The number of ether oxygens (including phenoxy) is 1. The molecule has 0 saturated heterocycles. The monoisotopic (exact) mass is 707 g/mol. The Labute approximate surface area is 306 Å². The van der Waals surface area contributed by atoms with Gasteiger partial charge in [0.05, 0.1) is 40.3 Å². The van der Waals surface area contributed by atoms with Crippen molar-refractivity contribution in [1.82, 2.24) is 24.8 Å². The number of ketones is 1. The van der Waals surface area contributed by atoms with E-state index < -0.39 is 0 Å². The van der Waals surface area contributed by atoms with E-state index in [1.807, 2.05) is 32.9 Å². The Morgan fingerprint density at radius 1 is 0.846 bits per heavy atom. The molecule has 2 N–H and O–H groups in total. The number of H-pyrrole nitrogens is 2. The third kappa shape index (κ3) is 6.61. The van der Waals surface area contributed by atoms with Gasteiger partial charge in [-0.3, -0.25) is 29.1 Å². The molecule has 2 amide bonds. The fourth-order valence-corrected chi connectivity index (χ4v) is 8.40. The van der Waals surface area contributed by atoms with Gasteiger partial charge < -0.3 is 14.7 Å². The third-order valence-corrected chi connectivity index (χ3v) is 11.5. The van der Waals surface area contributed by atoms with E-state index in [4.69, 9.17) is 14.7 Å². The van der Waals surface area contributed by atoms with Crippen molar-refractivity contribution in [1.29, 1.82) is 0 Å². The van der Waals surface area contributed by atoms with E-state index in [9.17, 15) is 19.2 Å². The first kappa shape index (κ1) is 37.2. The fraction of sp³-hybridized carbons (Fsp3) is 0.524. The Kier molecular flexibility index (Phi) is 10.8. The highest BCUT2D eigenvalue weighted by molar-refractivity contribution is 6.27. The van der Waals surface area contributed by atoms with Gasteiger partial charge in [-0.05, 0) is 75.8 Å². The summed E-state index contributed by atoms with van der Waals surface area (Å²) in [6.07, 6.45) is 5.88. The van der Waals surface area contributed by atoms with E-state index in [1.54, 1.807) is 6.92 Å². The van der Waals surface area contributed by atoms with E-state index in [0.717, 1.165) is 60.1 Å². The van der Waals surface area contributed by atoms with Crippen LogP contribution in [0.1, 0.15) is 184 Å². The molecule has 4 atom stereocenters. The zero-order valence-corrected chi connectivity index (χ0v) is 32.0. The first-order valence-electron chi connectivity index (χ1n) is 19.2. The number of imide groups is 1. The van der Waals surface area contributed by atoms with Crippen molar-refractivity contribution >= 4 is 45.7 Å². The molecule has 0 saturated carbocycles. The lowest BCUT2D eigenvalue weighted by Crippen LogP contribution is -2.41. The third-order valence-electron chi connectivity index (χ3n) is 11.5. The van der Waals surface area contributed by atoms with Gasteiger partial charge in [-0.25, -0.2) is 4.98 Å². The smallest absolute Gasteiger partial charge is 0.305 e. The molecule has 6 heterocycles. The number of carbonyl (C=O) groups excluding carboxylic acids is 4. The van der Waals surface area contributed by atoms with Crippen molar-refractivity contribution in [2.45, 2.75) is 130 Å². The lowest BCUT2D eigenvalue weighted by Gasteiger charge is -2.27. The SMILES string of the molecule is CCCCCCN1C(=O)c2c3nc(cc4nc(cc5[nH]c(cc6[nH]c2c(c6C)C1=O)C(CC)[C@H]5C)C(C(C)=O)=C4C)[C@@H](C)C3CCC(=O)OCCC. The molecule has 0 aliphatic carbocycles. The van der Waals surface area contributed by atoms with Crippen LogP contribution in [0.4, 0.5) is 0 Å². The van der Waals surface area contributed by atoms with Crippen LogP contribution in [0.5, 0.6) is 0 Å². The number of amides is 2. The zero-order chi connectivity index (χ0) is 37.4. The number of fused-ring (bicyclic) bond motifs is 8. The highest BCUT2D eigenvalue weighted by atomic mass is 16.5. The van der Waals surface area contributed by atoms with Crippen LogP contribution in [-0.2, 0) is 14.3 Å². The number of unbranched alkanes of at least 4 members (excludes halogenated alkanes) is 3. The Bertz CT molecular complexity index is 2030. The summed E-state index contributed by atoms with van der Waals surface area (Å²) in [6.45, 7) is 16.6. The lowest BCUT2D eigenvalue weighted by atomic mass is 9.84. The van der Waals surface area contributed by atoms with Crippen LogP contribution in [0.2, 0.25) is 0 Å². The van der Waals surface area contributed by atoms with Gasteiger partial charge in [-0.2, -0.15) is 0 Å². The largest absolute Gasteiger partial charge is 0.466 e. The molecule has 52 heavy (non-hydrogen) atoms. The van der Waals surface area contributed by atoms with Crippen molar-refractivity contribution in [2.75, 3.05) is 13.2 Å². The molecule has 0 radical (unpaired) electrons. The van der Waals surface area contributed by atoms with E-state index in [2.05, 4.69) is 43.7 Å². The molecule has 0 spiro atoms.